The summed E-state index contributed by atoms with van der Waals surface area (Å²) < 4.78 is 41.2. The fraction of sp³-hybridized carbons (Fsp3) is 0.625. The zero-order valence-corrected chi connectivity index (χ0v) is 14.1. The molecule has 1 aromatic carbocycles. The molecule has 1 aromatic rings. The quantitative estimate of drug-likeness (QED) is 0.921. The number of benzene rings is 1. The second-order valence-corrected chi connectivity index (χ2v) is 8.82. The number of hydrogen-bond acceptors (Lipinski definition) is 2. The number of nitrogens with one attached hydrogen (secondary N) is 1. The molecule has 2 unspecified atom stereocenters. The van der Waals surface area contributed by atoms with E-state index in [0.717, 1.165) is 5.56 Å². The summed E-state index contributed by atoms with van der Waals surface area (Å²) in [5, 5.41) is 0. The minimum absolute atomic E-state index is 0.215. The molecule has 1 fully saturated rings. The second kappa shape index (κ2) is 5.36. The normalized spacial score (nSPS) is 22.6. The highest BCUT2D eigenvalue weighted by Gasteiger charge is 2.42. The number of hydrogen-bond donors (Lipinski definition) is 1. The van der Waals surface area contributed by atoms with Gasteiger partial charge in [-0.3, -0.25) is 0 Å². The summed E-state index contributed by atoms with van der Waals surface area (Å²) in [4.78, 5) is 0.215. The average Bonchev–Trinajstić information content (AvgIpc) is 3.02. The lowest BCUT2D eigenvalue weighted by Gasteiger charge is -2.22. The van der Waals surface area contributed by atoms with E-state index in [1.165, 1.54) is 0 Å². The molecule has 1 aliphatic carbocycles. The number of sulfonamides is 1. The molecule has 21 heavy (non-hydrogen) atoms. The third-order valence-electron chi connectivity index (χ3n) is 3.54. The molecule has 0 saturated heterocycles. The fourth-order valence-electron chi connectivity index (χ4n) is 2.40. The summed E-state index contributed by atoms with van der Waals surface area (Å²) in [7, 11) is -3.64. The van der Waals surface area contributed by atoms with Gasteiger partial charge in [0, 0.05) is 11.5 Å². The molecule has 118 valence electrons. The second-order valence-electron chi connectivity index (χ2n) is 7.17. The lowest BCUT2D eigenvalue weighted by atomic mass is 9.99. The molecule has 3 nitrogen and oxygen atoms in total. The summed E-state index contributed by atoms with van der Waals surface area (Å²) in [6, 6.07) is 5.29. The van der Waals surface area contributed by atoms with Crippen LogP contribution in [0.25, 0.3) is 0 Å². The Bertz CT molecular complexity index is 632. The van der Waals surface area contributed by atoms with Crippen LogP contribution >= 0.6 is 0 Å². The zero-order chi connectivity index (χ0) is 16.0. The monoisotopic (exact) mass is 313 g/mol. The van der Waals surface area contributed by atoms with Crippen LogP contribution in [0.4, 0.5) is 4.39 Å². The van der Waals surface area contributed by atoms with Crippen molar-refractivity contribution >= 4 is 10.0 Å². The van der Waals surface area contributed by atoms with Gasteiger partial charge in [-0.1, -0.05) is 26.0 Å². The summed E-state index contributed by atoms with van der Waals surface area (Å²) in [6.45, 7) is 9.46. The maximum Gasteiger partial charge on any atom is 0.241 e. The van der Waals surface area contributed by atoms with Gasteiger partial charge in [-0.05, 0) is 50.3 Å². The van der Waals surface area contributed by atoms with Crippen LogP contribution < -0.4 is 4.72 Å². The Balaban J connectivity index is 2.48. The fourth-order valence-corrected chi connectivity index (χ4v) is 4.09. The van der Waals surface area contributed by atoms with Crippen LogP contribution in [-0.2, 0) is 10.0 Å². The molecule has 0 radical (unpaired) electrons. The van der Waals surface area contributed by atoms with E-state index in [-0.39, 0.29) is 16.7 Å². The molecule has 0 bridgehead atoms. The molecule has 0 aromatic heterocycles. The third-order valence-corrected chi connectivity index (χ3v) is 5.37. The minimum atomic E-state index is -3.64. The first-order valence-corrected chi connectivity index (χ1v) is 8.81. The van der Waals surface area contributed by atoms with E-state index < -0.39 is 21.7 Å². The highest BCUT2D eigenvalue weighted by molar-refractivity contribution is 7.89. The molecule has 2 atom stereocenters. The van der Waals surface area contributed by atoms with Crippen molar-refractivity contribution in [1.29, 1.82) is 0 Å². The molecule has 1 N–H and O–H groups in total. The first-order valence-electron chi connectivity index (χ1n) is 7.33. The van der Waals surface area contributed by atoms with Crippen molar-refractivity contribution in [3.63, 3.8) is 0 Å². The highest BCUT2D eigenvalue weighted by atomic mass is 32.2. The Kier molecular flexibility index (Phi) is 4.19. The smallest absolute Gasteiger partial charge is 0.241 e. The van der Waals surface area contributed by atoms with Crippen LogP contribution in [0.5, 0.6) is 0 Å². The molecule has 0 aliphatic heterocycles. The Morgan fingerprint density at radius 1 is 1.29 bits per heavy atom. The Labute approximate surface area is 127 Å². The molecule has 5 heteroatoms. The Morgan fingerprint density at radius 3 is 2.29 bits per heavy atom. The Morgan fingerprint density at radius 2 is 1.86 bits per heavy atom. The standard InChI is InChI=1S/C16H24FNO2S/c1-10(2)11-6-7-15(13(8-11)12-9-14(12)17)21(19,20)18-16(3,4)5/h6-8,10,12,14,18H,9H2,1-5H3. The van der Waals surface area contributed by atoms with Crippen LogP contribution in [0.3, 0.4) is 0 Å². The lowest BCUT2D eigenvalue weighted by molar-refractivity contribution is 0.466. The zero-order valence-electron chi connectivity index (χ0n) is 13.3. The maximum atomic E-state index is 13.5. The van der Waals surface area contributed by atoms with Crippen molar-refractivity contribution < 1.29 is 12.8 Å². The van der Waals surface area contributed by atoms with Gasteiger partial charge >= 0.3 is 0 Å². The van der Waals surface area contributed by atoms with Crippen LogP contribution in [0.2, 0.25) is 0 Å². The van der Waals surface area contributed by atoms with Gasteiger partial charge in [0.2, 0.25) is 10.0 Å². The summed E-state index contributed by atoms with van der Waals surface area (Å²) in [5.41, 5.74) is 1.09. The topological polar surface area (TPSA) is 46.2 Å². The van der Waals surface area contributed by atoms with E-state index >= 15 is 0 Å². The van der Waals surface area contributed by atoms with E-state index in [1.807, 2.05) is 26.0 Å². The largest absolute Gasteiger partial charge is 0.247 e. The number of rotatable bonds is 4. The van der Waals surface area contributed by atoms with Crippen molar-refractivity contribution in [2.75, 3.05) is 0 Å². The van der Waals surface area contributed by atoms with Gasteiger partial charge in [0.1, 0.15) is 6.17 Å². The van der Waals surface area contributed by atoms with E-state index in [2.05, 4.69) is 4.72 Å². The van der Waals surface area contributed by atoms with Crippen molar-refractivity contribution in [3.8, 4) is 0 Å². The highest BCUT2D eigenvalue weighted by Crippen LogP contribution is 2.46. The van der Waals surface area contributed by atoms with Crippen LogP contribution in [0.15, 0.2) is 23.1 Å². The Hall–Kier alpha value is -0.940. The van der Waals surface area contributed by atoms with Gasteiger partial charge in [-0.25, -0.2) is 17.5 Å². The van der Waals surface area contributed by atoms with Crippen molar-refractivity contribution in [3.05, 3.63) is 29.3 Å². The van der Waals surface area contributed by atoms with Gasteiger partial charge in [-0.2, -0.15) is 0 Å². The molecular weight excluding hydrogens is 289 g/mol. The van der Waals surface area contributed by atoms with Gasteiger partial charge in [0.05, 0.1) is 4.90 Å². The van der Waals surface area contributed by atoms with Crippen LogP contribution in [0.1, 0.15) is 64.0 Å². The van der Waals surface area contributed by atoms with Crippen molar-refractivity contribution in [2.45, 2.75) is 69.5 Å². The maximum absolute atomic E-state index is 13.5. The van der Waals surface area contributed by atoms with Crippen molar-refractivity contribution in [1.82, 2.24) is 4.72 Å². The van der Waals surface area contributed by atoms with Gasteiger partial charge in [0.25, 0.3) is 0 Å². The van der Waals surface area contributed by atoms with Crippen molar-refractivity contribution in [2.24, 2.45) is 0 Å². The summed E-state index contributed by atoms with van der Waals surface area (Å²) >= 11 is 0. The first-order chi connectivity index (χ1) is 9.51. The molecule has 1 aliphatic rings. The molecule has 0 spiro atoms. The van der Waals surface area contributed by atoms with Gasteiger partial charge in [0.15, 0.2) is 0 Å². The SMILES string of the molecule is CC(C)c1ccc(S(=O)(=O)NC(C)(C)C)c(C2CC2F)c1. The summed E-state index contributed by atoms with van der Waals surface area (Å²) in [5.74, 6) is 0.00290. The van der Waals surface area contributed by atoms with Crippen LogP contribution in [0, 0.1) is 0 Å². The third kappa shape index (κ3) is 3.83. The molecule has 1 saturated carbocycles. The van der Waals surface area contributed by atoms with Crippen LogP contribution in [-0.4, -0.2) is 20.1 Å². The van der Waals surface area contributed by atoms with E-state index in [0.29, 0.717) is 12.0 Å². The predicted octanol–water partition coefficient (Wildman–Crippen LogP) is 3.71. The van der Waals surface area contributed by atoms with Gasteiger partial charge < -0.3 is 0 Å². The van der Waals surface area contributed by atoms with Gasteiger partial charge in [-0.15, -0.1) is 0 Å². The molecule has 0 heterocycles. The average molecular weight is 313 g/mol. The number of halogens is 1. The predicted molar refractivity (Wildman–Crippen MR) is 82.9 cm³/mol. The molecular formula is C16H24FNO2S. The lowest BCUT2D eigenvalue weighted by Crippen LogP contribution is -2.40. The van der Waals surface area contributed by atoms with E-state index in [9.17, 15) is 12.8 Å². The minimum Gasteiger partial charge on any atom is -0.247 e. The summed E-state index contributed by atoms with van der Waals surface area (Å²) in [6.07, 6.45) is -0.504. The molecule has 0 amide bonds. The first kappa shape index (κ1) is 16.4. The van der Waals surface area contributed by atoms with E-state index in [4.69, 9.17) is 0 Å². The number of alkyl halides is 1. The molecule has 2 rings (SSSR count). The van der Waals surface area contributed by atoms with E-state index in [1.54, 1.807) is 26.8 Å².